The van der Waals surface area contributed by atoms with E-state index < -0.39 is 0 Å². The lowest BCUT2D eigenvalue weighted by molar-refractivity contribution is -0.122. The molecule has 0 bridgehead atoms. The molecule has 0 aliphatic heterocycles. The lowest BCUT2D eigenvalue weighted by Gasteiger charge is -2.21. The van der Waals surface area contributed by atoms with Crippen LogP contribution in [-0.4, -0.2) is 25.1 Å². The predicted octanol–water partition coefficient (Wildman–Crippen LogP) is 2.79. The third kappa shape index (κ3) is 6.12. The maximum Gasteiger partial charge on any atom is 0.221 e. The fraction of sp³-hybridized carbons (Fsp3) is 0.562. The molecule has 1 atom stereocenters. The summed E-state index contributed by atoms with van der Waals surface area (Å²) >= 11 is 0. The Kier molecular flexibility index (Phi) is 6.15. The van der Waals surface area contributed by atoms with Gasteiger partial charge in [0, 0.05) is 36.2 Å². The molecule has 1 aromatic carbocycles. The van der Waals surface area contributed by atoms with Crippen molar-refractivity contribution < 1.29 is 13.9 Å². The summed E-state index contributed by atoms with van der Waals surface area (Å²) in [5, 5.41) is 6.04. The summed E-state index contributed by atoms with van der Waals surface area (Å²) in [7, 11) is 1.50. The van der Waals surface area contributed by atoms with Crippen molar-refractivity contribution in [3.8, 4) is 5.75 Å². The van der Waals surface area contributed by atoms with Gasteiger partial charge in [-0.15, -0.1) is 0 Å². The molecule has 0 radical (unpaired) electrons. The fourth-order valence-corrected chi connectivity index (χ4v) is 1.98. The van der Waals surface area contributed by atoms with Gasteiger partial charge in [-0.2, -0.15) is 0 Å². The minimum Gasteiger partial charge on any atom is -0.497 e. The first-order valence-corrected chi connectivity index (χ1v) is 7.11. The van der Waals surface area contributed by atoms with Crippen LogP contribution >= 0.6 is 0 Å². The number of methoxy groups -OCH3 is 1. The summed E-state index contributed by atoms with van der Waals surface area (Å²) in [4.78, 5) is 11.7. The van der Waals surface area contributed by atoms with E-state index in [1.807, 2.05) is 27.7 Å². The van der Waals surface area contributed by atoms with Gasteiger partial charge in [0.2, 0.25) is 5.91 Å². The van der Waals surface area contributed by atoms with Gasteiger partial charge in [0.15, 0.2) is 0 Å². The topological polar surface area (TPSA) is 50.4 Å². The molecule has 21 heavy (non-hydrogen) atoms. The van der Waals surface area contributed by atoms with Crippen molar-refractivity contribution in [3.63, 3.8) is 0 Å². The van der Waals surface area contributed by atoms with Gasteiger partial charge in [0.25, 0.3) is 0 Å². The van der Waals surface area contributed by atoms with Crippen molar-refractivity contribution in [2.24, 2.45) is 0 Å². The highest BCUT2D eigenvalue weighted by molar-refractivity contribution is 5.76. The summed E-state index contributed by atoms with van der Waals surface area (Å²) in [5.74, 6) is 0.166. The third-order valence-corrected chi connectivity index (χ3v) is 2.99. The minimum atomic E-state index is -0.312. The molecule has 0 aromatic heterocycles. The highest BCUT2D eigenvalue weighted by atomic mass is 19.1. The zero-order valence-corrected chi connectivity index (χ0v) is 13.4. The normalized spacial score (nSPS) is 12.9. The molecular formula is C16H25FN2O2. The Morgan fingerprint density at radius 1 is 1.38 bits per heavy atom. The van der Waals surface area contributed by atoms with E-state index in [1.54, 1.807) is 12.1 Å². The third-order valence-electron chi connectivity index (χ3n) is 2.99. The molecule has 0 aliphatic carbocycles. The van der Waals surface area contributed by atoms with E-state index in [1.165, 1.54) is 13.2 Å². The van der Waals surface area contributed by atoms with E-state index >= 15 is 0 Å². The van der Waals surface area contributed by atoms with Crippen LogP contribution in [0.1, 0.15) is 45.7 Å². The van der Waals surface area contributed by atoms with Crippen LogP contribution in [0.2, 0.25) is 0 Å². The van der Waals surface area contributed by atoms with Crippen LogP contribution in [0.5, 0.6) is 5.75 Å². The van der Waals surface area contributed by atoms with Crippen molar-refractivity contribution in [2.75, 3.05) is 13.7 Å². The Hall–Kier alpha value is -1.62. The second-order valence-electron chi connectivity index (χ2n) is 6.11. The van der Waals surface area contributed by atoms with Crippen molar-refractivity contribution in [3.05, 3.63) is 29.6 Å². The lowest BCUT2D eigenvalue weighted by Crippen LogP contribution is -2.41. The smallest absolute Gasteiger partial charge is 0.221 e. The minimum absolute atomic E-state index is 0.0163. The highest BCUT2D eigenvalue weighted by Crippen LogP contribution is 2.21. The highest BCUT2D eigenvalue weighted by Gasteiger charge is 2.15. The second kappa shape index (κ2) is 7.41. The van der Waals surface area contributed by atoms with Gasteiger partial charge in [-0.3, -0.25) is 4.79 Å². The van der Waals surface area contributed by atoms with E-state index in [0.717, 1.165) is 0 Å². The first-order chi connectivity index (χ1) is 9.73. The molecule has 2 N–H and O–H groups in total. The van der Waals surface area contributed by atoms with Crippen LogP contribution in [0.3, 0.4) is 0 Å². The molecule has 1 amide bonds. The Morgan fingerprint density at radius 2 is 2.05 bits per heavy atom. The van der Waals surface area contributed by atoms with Crippen molar-refractivity contribution in [1.82, 2.24) is 10.6 Å². The van der Waals surface area contributed by atoms with Gasteiger partial charge in [-0.1, -0.05) is 6.07 Å². The van der Waals surface area contributed by atoms with E-state index in [4.69, 9.17) is 4.74 Å². The number of halogens is 1. The van der Waals surface area contributed by atoms with Crippen LogP contribution in [-0.2, 0) is 4.79 Å². The molecule has 0 heterocycles. The average molecular weight is 296 g/mol. The van der Waals surface area contributed by atoms with Crippen molar-refractivity contribution >= 4 is 5.91 Å². The summed E-state index contributed by atoms with van der Waals surface area (Å²) < 4.78 is 18.9. The molecule has 0 saturated heterocycles. The summed E-state index contributed by atoms with van der Waals surface area (Å²) in [5.41, 5.74) is 0.331. The molecule has 0 aliphatic rings. The SMILES string of the molecule is COc1ccc(C(C)NCCC(=O)NC(C)(C)C)c(F)c1. The number of benzene rings is 1. The molecule has 118 valence electrons. The Morgan fingerprint density at radius 3 is 2.57 bits per heavy atom. The maximum absolute atomic E-state index is 13.9. The molecule has 4 nitrogen and oxygen atoms in total. The van der Waals surface area contributed by atoms with E-state index in [-0.39, 0.29) is 23.3 Å². The van der Waals surface area contributed by atoms with Crippen LogP contribution in [0.4, 0.5) is 4.39 Å². The number of ether oxygens (including phenoxy) is 1. The Bertz CT molecular complexity index is 484. The number of amides is 1. The first kappa shape index (κ1) is 17.4. The molecule has 5 heteroatoms. The van der Waals surface area contributed by atoms with Gasteiger partial charge in [0.05, 0.1) is 7.11 Å². The molecule has 0 saturated carbocycles. The Balaban J connectivity index is 2.47. The van der Waals surface area contributed by atoms with Gasteiger partial charge >= 0.3 is 0 Å². The van der Waals surface area contributed by atoms with E-state index in [0.29, 0.717) is 24.3 Å². The summed E-state index contributed by atoms with van der Waals surface area (Å²) in [6, 6.07) is 4.61. The second-order valence-corrected chi connectivity index (χ2v) is 6.11. The number of carbonyl (C=O) groups is 1. The van der Waals surface area contributed by atoms with Crippen molar-refractivity contribution in [2.45, 2.75) is 45.7 Å². The van der Waals surface area contributed by atoms with Crippen LogP contribution in [0, 0.1) is 5.82 Å². The standard InChI is InChI=1S/C16H25FN2O2/c1-11(13-7-6-12(21-5)10-14(13)17)18-9-8-15(20)19-16(2,3)4/h6-7,10-11,18H,8-9H2,1-5H3,(H,19,20). The molecular weight excluding hydrogens is 271 g/mol. The fourth-order valence-electron chi connectivity index (χ4n) is 1.98. The number of hydrogen-bond donors (Lipinski definition) is 2. The molecule has 1 aromatic rings. The van der Waals surface area contributed by atoms with Crippen molar-refractivity contribution in [1.29, 1.82) is 0 Å². The lowest BCUT2D eigenvalue weighted by atomic mass is 10.1. The average Bonchev–Trinajstić information content (AvgIpc) is 2.36. The maximum atomic E-state index is 13.9. The molecule has 0 spiro atoms. The van der Waals surface area contributed by atoms with Gasteiger partial charge < -0.3 is 15.4 Å². The van der Waals surface area contributed by atoms with E-state index in [9.17, 15) is 9.18 Å². The largest absolute Gasteiger partial charge is 0.497 e. The zero-order chi connectivity index (χ0) is 16.0. The van der Waals surface area contributed by atoms with Gasteiger partial charge in [0.1, 0.15) is 11.6 Å². The predicted molar refractivity (Wildman–Crippen MR) is 81.9 cm³/mol. The van der Waals surface area contributed by atoms with Gasteiger partial charge in [-0.05, 0) is 33.8 Å². The molecule has 1 unspecified atom stereocenters. The summed E-state index contributed by atoms with van der Waals surface area (Å²) in [6.07, 6.45) is 0.360. The van der Waals surface area contributed by atoms with E-state index in [2.05, 4.69) is 10.6 Å². The zero-order valence-electron chi connectivity index (χ0n) is 13.4. The number of rotatable bonds is 6. The molecule has 1 rings (SSSR count). The summed E-state index contributed by atoms with van der Waals surface area (Å²) in [6.45, 7) is 8.18. The van der Waals surface area contributed by atoms with Gasteiger partial charge in [-0.25, -0.2) is 4.39 Å². The first-order valence-electron chi connectivity index (χ1n) is 7.11. The quantitative estimate of drug-likeness (QED) is 0.848. The molecule has 0 fully saturated rings. The Labute approximate surface area is 126 Å². The number of carbonyl (C=O) groups excluding carboxylic acids is 1. The monoisotopic (exact) mass is 296 g/mol. The van der Waals surface area contributed by atoms with Crippen LogP contribution in [0.25, 0.3) is 0 Å². The van der Waals surface area contributed by atoms with Crippen LogP contribution < -0.4 is 15.4 Å². The number of hydrogen-bond acceptors (Lipinski definition) is 3. The number of nitrogens with one attached hydrogen (secondary N) is 2. The van der Waals surface area contributed by atoms with Crippen LogP contribution in [0.15, 0.2) is 18.2 Å².